The fraction of sp³-hybridized carbons (Fsp3) is 0.385. The fourth-order valence-electron chi connectivity index (χ4n) is 4.31. The van der Waals surface area contributed by atoms with Gasteiger partial charge in [0.1, 0.15) is 0 Å². The molecule has 2 aliphatic heterocycles. The molecular weight excluding hydrogens is 507 g/mol. The van der Waals surface area contributed by atoms with Crippen molar-refractivity contribution in [2.45, 2.75) is 44.3 Å². The van der Waals surface area contributed by atoms with Gasteiger partial charge in [-0.25, -0.2) is 4.79 Å². The van der Waals surface area contributed by atoms with Crippen molar-refractivity contribution in [1.29, 1.82) is 0 Å². The Morgan fingerprint density at radius 3 is 2.24 bits per heavy atom. The summed E-state index contributed by atoms with van der Waals surface area (Å²) >= 11 is 0. The van der Waals surface area contributed by atoms with Crippen molar-refractivity contribution in [3.63, 3.8) is 0 Å². The largest absolute Gasteiger partial charge is 0.490 e. The van der Waals surface area contributed by atoms with E-state index in [1.165, 1.54) is 5.56 Å². The molecule has 38 heavy (non-hydrogen) atoms. The fourth-order valence-corrected chi connectivity index (χ4v) is 4.31. The van der Waals surface area contributed by atoms with Gasteiger partial charge in [0.2, 0.25) is 0 Å². The van der Waals surface area contributed by atoms with Crippen LogP contribution >= 0.6 is 0 Å². The second-order valence-electron chi connectivity index (χ2n) is 9.00. The van der Waals surface area contributed by atoms with Crippen LogP contribution in [-0.4, -0.2) is 64.7 Å². The van der Waals surface area contributed by atoms with Gasteiger partial charge in [0.05, 0.1) is 0 Å². The lowest BCUT2D eigenvalue weighted by molar-refractivity contribution is -0.192. The molecule has 0 aliphatic carbocycles. The molecule has 1 fully saturated rings. The summed E-state index contributed by atoms with van der Waals surface area (Å²) < 4.78 is 31.7. The van der Waals surface area contributed by atoms with Crippen molar-refractivity contribution in [3.05, 3.63) is 64.7 Å². The molecule has 4 rings (SSSR count). The van der Waals surface area contributed by atoms with E-state index in [0.29, 0.717) is 42.2 Å². The van der Waals surface area contributed by atoms with Gasteiger partial charge in [-0.1, -0.05) is 18.2 Å². The standard InChI is InChI=1S/C24H27N3O4.C2HF3O2/c28-22(29)2-1-13-27-15-19-7-8-20(14-21(19)24(27)31)26-23(30)18-5-3-16(4-6-18)17-9-11-25-12-10-17;3-2(4,5)1(6)7/h3-8,14,17,25H,1-2,9-13,15H2,(H,26,30)(H,28,29);(H,6,7). The van der Waals surface area contributed by atoms with E-state index in [4.69, 9.17) is 15.0 Å². The molecule has 2 aromatic rings. The third-order valence-electron chi connectivity index (χ3n) is 6.29. The summed E-state index contributed by atoms with van der Waals surface area (Å²) in [5.74, 6) is -3.41. The van der Waals surface area contributed by atoms with Gasteiger partial charge in [-0.15, -0.1) is 0 Å². The molecule has 0 spiro atoms. The maximum absolute atomic E-state index is 12.7. The molecule has 2 aliphatic rings. The highest BCUT2D eigenvalue weighted by Crippen LogP contribution is 2.27. The van der Waals surface area contributed by atoms with E-state index in [1.54, 1.807) is 17.0 Å². The predicted molar refractivity (Wildman–Crippen MR) is 131 cm³/mol. The number of carbonyl (C=O) groups is 4. The summed E-state index contributed by atoms with van der Waals surface area (Å²) in [4.78, 5) is 46.5. The first-order chi connectivity index (χ1) is 18.0. The monoisotopic (exact) mass is 535 g/mol. The van der Waals surface area contributed by atoms with Crippen molar-refractivity contribution >= 4 is 29.4 Å². The average molecular weight is 536 g/mol. The van der Waals surface area contributed by atoms with Gasteiger partial charge < -0.3 is 25.7 Å². The number of carboxylic acid groups (broad SMARTS) is 2. The zero-order chi connectivity index (χ0) is 27.9. The number of nitrogens with one attached hydrogen (secondary N) is 2. The molecule has 204 valence electrons. The third kappa shape index (κ3) is 7.78. The minimum absolute atomic E-state index is 0.0395. The summed E-state index contributed by atoms with van der Waals surface area (Å²) in [7, 11) is 0. The molecule has 2 aromatic carbocycles. The second-order valence-corrected chi connectivity index (χ2v) is 9.00. The van der Waals surface area contributed by atoms with Gasteiger partial charge in [-0.3, -0.25) is 14.4 Å². The van der Waals surface area contributed by atoms with Gasteiger partial charge in [-0.2, -0.15) is 13.2 Å². The Morgan fingerprint density at radius 2 is 1.66 bits per heavy atom. The van der Waals surface area contributed by atoms with Gasteiger partial charge in [0.15, 0.2) is 0 Å². The number of rotatable bonds is 7. The van der Waals surface area contributed by atoms with Crippen LogP contribution in [0.5, 0.6) is 0 Å². The topological polar surface area (TPSA) is 136 Å². The zero-order valence-electron chi connectivity index (χ0n) is 20.4. The molecule has 0 saturated carbocycles. The first-order valence-electron chi connectivity index (χ1n) is 12.0. The Kier molecular flexibility index (Phi) is 9.45. The number of aliphatic carboxylic acids is 2. The van der Waals surface area contributed by atoms with Gasteiger partial charge in [-0.05, 0) is 73.7 Å². The maximum atomic E-state index is 12.7. The number of hydrogen-bond donors (Lipinski definition) is 4. The lowest BCUT2D eigenvalue weighted by Crippen LogP contribution is -2.26. The second kappa shape index (κ2) is 12.5. The molecule has 0 atom stereocenters. The van der Waals surface area contributed by atoms with E-state index in [9.17, 15) is 27.6 Å². The highest BCUT2D eigenvalue weighted by Gasteiger charge is 2.38. The van der Waals surface area contributed by atoms with Crippen LogP contribution in [0.4, 0.5) is 18.9 Å². The van der Waals surface area contributed by atoms with Crippen molar-refractivity contribution in [3.8, 4) is 0 Å². The summed E-state index contributed by atoms with van der Waals surface area (Å²) in [5.41, 5.74) is 3.88. The highest BCUT2D eigenvalue weighted by atomic mass is 19.4. The first kappa shape index (κ1) is 28.6. The number of anilines is 1. The smallest absolute Gasteiger partial charge is 0.481 e. The lowest BCUT2D eigenvalue weighted by atomic mass is 9.90. The van der Waals surface area contributed by atoms with E-state index in [0.717, 1.165) is 31.5 Å². The van der Waals surface area contributed by atoms with Crippen LogP contribution in [0.25, 0.3) is 0 Å². The lowest BCUT2D eigenvalue weighted by Gasteiger charge is -2.23. The van der Waals surface area contributed by atoms with Crippen LogP contribution in [0.3, 0.4) is 0 Å². The van der Waals surface area contributed by atoms with Gasteiger partial charge in [0.25, 0.3) is 11.8 Å². The number of nitrogens with zero attached hydrogens (tertiary/aromatic N) is 1. The van der Waals surface area contributed by atoms with E-state index < -0.39 is 18.1 Å². The van der Waals surface area contributed by atoms with E-state index in [1.807, 2.05) is 30.3 Å². The van der Waals surface area contributed by atoms with Crippen LogP contribution < -0.4 is 10.6 Å². The molecule has 9 nitrogen and oxygen atoms in total. The molecule has 2 amide bonds. The molecule has 2 heterocycles. The van der Waals surface area contributed by atoms with Crippen molar-refractivity contribution in [1.82, 2.24) is 10.2 Å². The molecule has 4 N–H and O–H groups in total. The van der Waals surface area contributed by atoms with Crippen molar-refractivity contribution < 1.29 is 42.6 Å². The molecule has 0 bridgehead atoms. The Labute approximate surface area is 216 Å². The van der Waals surface area contributed by atoms with Crippen molar-refractivity contribution in [2.24, 2.45) is 0 Å². The molecule has 1 saturated heterocycles. The Bertz CT molecular complexity index is 1180. The average Bonchev–Trinajstić information content (AvgIpc) is 3.19. The molecule has 0 radical (unpaired) electrons. The molecule has 0 unspecified atom stereocenters. The van der Waals surface area contributed by atoms with Gasteiger partial charge in [0, 0.05) is 36.3 Å². The minimum atomic E-state index is -5.08. The Balaban J connectivity index is 0.000000505. The summed E-state index contributed by atoms with van der Waals surface area (Å²) in [5, 5.41) is 22.1. The van der Waals surface area contributed by atoms with Crippen LogP contribution in [0, 0.1) is 0 Å². The quantitative estimate of drug-likeness (QED) is 0.423. The first-order valence-corrected chi connectivity index (χ1v) is 12.0. The van der Waals surface area contributed by atoms with Crippen LogP contribution in [0.2, 0.25) is 0 Å². The number of carboxylic acids is 2. The number of piperidine rings is 1. The van der Waals surface area contributed by atoms with Crippen LogP contribution in [0.1, 0.15) is 63.4 Å². The predicted octanol–water partition coefficient (Wildman–Crippen LogP) is 3.86. The number of fused-ring (bicyclic) bond motifs is 1. The molecule has 0 aromatic heterocycles. The minimum Gasteiger partial charge on any atom is -0.481 e. The van der Waals surface area contributed by atoms with Crippen molar-refractivity contribution in [2.75, 3.05) is 25.0 Å². The van der Waals surface area contributed by atoms with E-state index in [-0.39, 0.29) is 18.2 Å². The number of benzene rings is 2. The SMILES string of the molecule is O=C(O)C(F)(F)F.O=C(O)CCCN1Cc2ccc(NC(=O)c3ccc(C4CCNCC4)cc3)cc2C1=O. The normalized spacial score (nSPS) is 15.3. The molecular formula is C26H28F3N3O6. The van der Waals surface area contributed by atoms with Gasteiger partial charge >= 0.3 is 18.1 Å². The number of amides is 2. The van der Waals surface area contributed by atoms with Crippen LogP contribution in [-0.2, 0) is 16.1 Å². The molecule has 12 heteroatoms. The maximum Gasteiger partial charge on any atom is 0.490 e. The number of halogens is 3. The van der Waals surface area contributed by atoms with E-state index in [2.05, 4.69) is 10.6 Å². The Hall–Kier alpha value is -3.93. The highest BCUT2D eigenvalue weighted by molar-refractivity contribution is 6.05. The third-order valence-corrected chi connectivity index (χ3v) is 6.29. The number of hydrogen-bond acceptors (Lipinski definition) is 5. The number of carbonyl (C=O) groups excluding carboxylic acids is 2. The van der Waals surface area contributed by atoms with Crippen LogP contribution in [0.15, 0.2) is 42.5 Å². The zero-order valence-corrected chi connectivity index (χ0v) is 20.4. The van der Waals surface area contributed by atoms with E-state index >= 15 is 0 Å². The summed E-state index contributed by atoms with van der Waals surface area (Å²) in [6, 6.07) is 13.1. The number of alkyl halides is 3. The summed E-state index contributed by atoms with van der Waals surface area (Å²) in [6.45, 7) is 2.94. The Morgan fingerprint density at radius 1 is 1.03 bits per heavy atom. The summed E-state index contributed by atoms with van der Waals surface area (Å²) in [6.07, 6.45) is -2.39.